The van der Waals surface area contributed by atoms with E-state index in [1.165, 1.54) is 61.6 Å². The molecule has 2 fully saturated rings. The van der Waals surface area contributed by atoms with Crippen molar-refractivity contribution < 1.29 is 0 Å². The van der Waals surface area contributed by atoms with E-state index in [1.807, 2.05) is 0 Å². The SMILES string of the molecule is CCc1ccc(-c2ccc([C@@H]3CC[C@@H]4CC(CC)CC[C@@H]4C3)cc2)cc1. The third-order valence-electron chi connectivity index (χ3n) is 7.38. The van der Waals surface area contributed by atoms with E-state index < -0.39 is 0 Å². The van der Waals surface area contributed by atoms with Gasteiger partial charge in [0.15, 0.2) is 0 Å². The molecule has 2 aliphatic carbocycles. The molecule has 2 aromatic rings. The highest BCUT2D eigenvalue weighted by Gasteiger charge is 2.35. The van der Waals surface area contributed by atoms with Crippen molar-refractivity contribution in [3.8, 4) is 11.1 Å². The van der Waals surface area contributed by atoms with Crippen LogP contribution < -0.4 is 0 Å². The van der Waals surface area contributed by atoms with Crippen LogP contribution in [0.4, 0.5) is 0 Å². The van der Waals surface area contributed by atoms with Gasteiger partial charge in [0.25, 0.3) is 0 Å². The second kappa shape index (κ2) is 7.99. The first-order valence-electron chi connectivity index (χ1n) is 11.0. The molecule has 4 rings (SSSR count). The molecule has 0 saturated heterocycles. The van der Waals surface area contributed by atoms with Gasteiger partial charge in [0, 0.05) is 0 Å². The number of hydrogen-bond acceptors (Lipinski definition) is 0. The minimum absolute atomic E-state index is 0.797. The largest absolute Gasteiger partial charge is 0.0651 e. The molecular weight excluding hydrogens is 312 g/mol. The Morgan fingerprint density at radius 3 is 1.96 bits per heavy atom. The van der Waals surface area contributed by atoms with Gasteiger partial charge < -0.3 is 0 Å². The summed E-state index contributed by atoms with van der Waals surface area (Å²) >= 11 is 0. The van der Waals surface area contributed by atoms with E-state index in [9.17, 15) is 0 Å². The van der Waals surface area contributed by atoms with E-state index in [4.69, 9.17) is 0 Å². The Hall–Kier alpha value is -1.56. The Morgan fingerprint density at radius 2 is 1.31 bits per heavy atom. The van der Waals surface area contributed by atoms with Crippen molar-refractivity contribution in [2.75, 3.05) is 0 Å². The molecule has 0 amide bonds. The van der Waals surface area contributed by atoms with Crippen LogP contribution in [0.3, 0.4) is 0 Å². The predicted octanol–water partition coefficient (Wildman–Crippen LogP) is 7.63. The summed E-state index contributed by atoms with van der Waals surface area (Å²) in [4.78, 5) is 0. The number of rotatable bonds is 4. The van der Waals surface area contributed by atoms with E-state index in [-0.39, 0.29) is 0 Å². The van der Waals surface area contributed by atoms with Gasteiger partial charge in [0.05, 0.1) is 0 Å². The minimum atomic E-state index is 0.797. The third kappa shape index (κ3) is 3.75. The van der Waals surface area contributed by atoms with Crippen molar-refractivity contribution in [2.24, 2.45) is 17.8 Å². The minimum Gasteiger partial charge on any atom is -0.0651 e. The molecule has 2 aromatic carbocycles. The van der Waals surface area contributed by atoms with Crippen molar-refractivity contribution in [2.45, 2.75) is 71.1 Å². The van der Waals surface area contributed by atoms with E-state index in [0.29, 0.717) is 0 Å². The summed E-state index contributed by atoms with van der Waals surface area (Å²) in [6, 6.07) is 18.6. The van der Waals surface area contributed by atoms with Crippen molar-refractivity contribution in [3.63, 3.8) is 0 Å². The zero-order chi connectivity index (χ0) is 17.9. The Morgan fingerprint density at radius 1 is 0.692 bits per heavy atom. The molecule has 0 nitrogen and oxygen atoms in total. The average molecular weight is 347 g/mol. The summed E-state index contributed by atoms with van der Waals surface area (Å²) in [5, 5.41) is 0. The fraction of sp³-hybridized carbons (Fsp3) is 0.538. The lowest BCUT2D eigenvalue weighted by Gasteiger charge is -2.42. The highest BCUT2D eigenvalue weighted by atomic mass is 14.4. The normalized spacial score (nSPS) is 28.5. The molecule has 0 aliphatic heterocycles. The van der Waals surface area contributed by atoms with Gasteiger partial charge in [-0.15, -0.1) is 0 Å². The van der Waals surface area contributed by atoms with Gasteiger partial charge in [-0.05, 0) is 84.5 Å². The summed E-state index contributed by atoms with van der Waals surface area (Å²) in [7, 11) is 0. The number of benzene rings is 2. The van der Waals surface area contributed by atoms with Crippen LogP contribution in [0.15, 0.2) is 48.5 Å². The van der Waals surface area contributed by atoms with Gasteiger partial charge in [-0.25, -0.2) is 0 Å². The first-order valence-corrected chi connectivity index (χ1v) is 11.0. The quantitative estimate of drug-likeness (QED) is 0.534. The van der Waals surface area contributed by atoms with E-state index >= 15 is 0 Å². The van der Waals surface area contributed by atoms with Crippen LogP contribution in [0.1, 0.15) is 75.8 Å². The van der Waals surface area contributed by atoms with Gasteiger partial charge >= 0.3 is 0 Å². The highest BCUT2D eigenvalue weighted by Crippen LogP contribution is 2.48. The van der Waals surface area contributed by atoms with Crippen LogP contribution in [0.5, 0.6) is 0 Å². The Bertz CT molecular complexity index is 694. The molecule has 138 valence electrons. The van der Waals surface area contributed by atoms with Crippen molar-refractivity contribution in [1.82, 2.24) is 0 Å². The van der Waals surface area contributed by atoms with Crippen LogP contribution in [0.25, 0.3) is 11.1 Å². The van der Waals surface area contributed by atoms with Crippen LogP contribution in [0, 0.1) is 17.8 Å². The lowest BCUT2D eigenvalue weighted by Crippen LogP contribution is -2.30. The van der Waals surface area contributed by atoms with Crippen molar-refractivity contribution in [1.29, 1.82) is 0 Å². The lowest BCUT2D eigenvalue weighted by atomic mass is 9.63. The van der Waals surface area contributed by atoms with Crippen molar-refractivity contribution in [3.05, 3.63) is 59.7 Å². The molecular formula is C26H34. The summed E-state index contributed by atoms with van der Waals surface area (Å²) < 4.78 is 0. The zero-order valence-corrected chi connectivity index (χ0v) is 16.6. The van der Waals surface area contributed by atoms with Gasteiger partial charge in [-0.1, -0.05) is 75.2 Å². The Balaban J connectivity index is 1.42. The Kier molecular flexibility index (Phi) is 5.48. The summed E-state index contributed by atoms with van der Waals surface area (Å²) in [6.45, 7) is 4.60. The topological polar surface area (TPSA) is 0 Å². The second-order valence-corrected chi connectivity index (χ2v) is 8.79. The second-order valence-electron chi connectivity index (χ2n) is 8.79. The summed E-state index contributed by atoms with van der Waals surface area (Å²) in [5.41, 5.74) is 5.69. The predicted molar refractivity (Wildman–Crippen MR) is 112 cm³/mol. The zero-order valence-electron chi connectivity index (χ0n) is 16.6. The molecule has 1 unspecified atom stereocenters. The third-order valence-corrected chi connectivity index (χ3v) is 7.38. The lowest BCUT2D eigenvalue weighted by molar-refractivity contribution is 0.116. The number of hydrogen-bond donors (Lipinski definition) is 0. The number of aryl methyl sites for hydroxylation is 1. The standard InChI is InChI=1S/C26H34/c1-3-19-5-8-21(9-6-19)22-11-13-23(14-12-22)25-16-15-24-17-20(4-2)7-10-26(24)18-25/h5-6,8-9,11-14,20,24-26H,3-4,7,10,15-18H2,1-2H3/t20?,24-,25-,26-/m1/s1. The monoisotopic (exact) mass is 346 g/mol. The first kappa shape index (κ1) is 17.8. The van der Waals surface area contributed by atoms with E-state index in [2.05, 4.69) is 62.4 Å². The molecule has 0 radical (unpaired) electrons. The van der Waals surface area contributed by atoms with E-state index in [1.54, 1.807) is 5.56 Å². The molecule has 4 atom stereocenters. The summed E-state index contributed by atoms with van der Waals surface area (Å²) in [5.74, 6) is 3.84. The van der Waals surface area contributed by atoms with Crippen molar-refractivity contribution >= 4 is 0 Å². The highest BCUT2D eigenvalue weighted by molar-refractivity contribution is 5.64. The maximum atomic E-state index is 2.41. The molecule has 0 spiro atoms. The maximum absolute atomic E-state index is 2.41. The van der Waals surface area contributed by atoms with Crippen LogP contribution in [-0.4, -0.2) is 0 Å². The maximum Gasteiger partial charge on any atom is -0.0159 e. The molecule has 0 heteroatoms. The Labute approximate surface area is 160 Å². The van der Waals surface area contributed by atoms with Gasteiger partial charge in [0.1, 0.15) is 0 Å². The molecule has 0 N–H and O–H groups in total. The van der Waals surface area contributed by atoms with Gasteiger partial charge in [-0.3, -0.25) is 0 Å². The number of fused-ring (bicyclic) bond motifs is 1. The smallest absolute Gasteiger partial charge is 0.0159 e. The van der Waals surface area contributed by atoms with E-state index in [0.717, 1.165) is 30.1 Å². The molecule has 26 heavy (non-hydrogen) atoms. The van der Waals surface area contributed by atoms with Crippen LogP contribution in [-0.2, 0) is 6.42 Å². The molecule has 0 aromatic heterocycles. The van der Waals surface area contributed by atoms with Gasteiger partial charge in [0.2, 0.25) is 0 Å². The molecule has 2 aliphatic rings. The van der Waals surface area contributed by atoms with Crippen LogP contribution >= 0.6 is 0 Å². The fourth-order valence-electron chi connectivity index (χ4n) is 5.54. The van der Waals surface area contributed by atoms with Crippen LogP contribution in [0.2, 0.25) is 0 Å². The average Bonchev–Trinajstić information content (AvgIpc) is 2.73. The molecule has 0 bridgehead atoms. The molecule has 2 saturated carbocycles. The fourth-order valence-corrected chi connectivity index (χ4v) is 5.54. The van der Waals surface area contributed by atoms with Gasteiger partial charge in [-0.2, -0.15) is 0 Å². The molecule has 0 heterocycles. The summed E-state index contributed by atoms with van der Waals surface area (Å²) in [6.07, 6.45) is 11.3. The first-order chi connectivity index (χ1) is 12.8.